The Labute approximate surface area is 166 Å². The number of rotatable bonds is 9. The van der Waals surface area contributed by atoms with Crippen LogP contribution in [0.2, 0.25) is 0 Å². The molecule has 0 atom stereocenters. The molecular formula is C19H24F3N3O4. The van der Waals surface area contributed by atoms with Crippen LogP contribution in [0, 0.1) is 0 Å². The molecule has 0 aliphatic carbocycles. The van der Waals surface area contributed by atoms with Gasteiger partial charge in [-0.1, -0.05) is 44.9 Å². The standard InChI is InChI=1S/C19H24F3N3O4/c1-3-9-18(10-4-2)16(27)25(17(28)24-18)12-15(26)23-11-13-7-5-6-8-14(13)29-19(20,21)22/h5-8H,3-4,9-12H2,1-2H3,(H,23,26)(H,24,28). The molecule has 1 heterocycles. The SMILES string of the molecule is CCCC1(CCC)NC(=O)N(CC(=O)NCc2ccccc2OC(F)(F)F)C1=O. The Morgan fingerprint density at radius 1 is 1.17 bits per heavy atom. The summed E-state index contributed by atoms with van der Waals surface area (Å²) in [4.78, 5) is 38.1. The van der Waals surface area contributed by atoms with Crippen molar-refractivity contribution in [2.75, 3.05) is 6.54 Å². The third kappa shape index (κ3) is 5.61. The molecule has 0 bridgehead atoms. The molecule has 1 aromatic carbocycles. The Hall–Kier alpha value is -2.78. The van der Waals surface area contributed by atoms with E-state index in [9.17, 15) is 27.6 Å². The van der Waals surface area contributed by atoms with E-state index < -0.39 is 42.0 Å². The van der Waals surface area contributed by atoms with Crippen LogP contribution in [-0.4, -0.2) is 41.2 Å². The van der Waals surface area contributed by atoms with Gasteiger partial charge in [-0.15, -0.1) is 13.2 Å². The number of nitrogens with zero attached hydrogens (tertiary/aromatic N) is 1. The molecule has 2 rings (SSSR count). The van der Waals surface area contributed by atoms with Crippen LogP contribution in [0.15, 0.2) is 24.3 Å². The molecule has 29 heavy (non-hydrogen) atoms. The van der Waals surface area contributed by atoms with E-state index in [1.54, 1.807) is 0 Å². The fourth-order valence-electron chi connectivity index (χ4n) is 3.40. The Kier molecular flexibility index (Phi) is 7.10. The smallest absolute Gasteiger partial charge is 0.405 e. The maximum absolute atomic E-state index is 12.8. The lowest BCUT2D eigenvalue weighted by molar-refractivity contribution is -0.274. The van der Waals surface area contributed by atoms with Crippen LogP contribution in [-0.2, 0) is 16.1 Å². The maximum atomic E-state index is 12.8. The first-order valence-corrected chi connectivity index (χ1v) is 9.36. The second kappa shape index (κ2) is 9.15. The van der Waals surface area contributed by atoms with Crippen molar-refractivity contribution in [1.82, 2.24) is 15.5 Å². The van der Waals surface area contributed by atoms with E-state index in [1.807, 2.05) is 13.8 Å². The van der Waals surface area contributed by atoms with E-state index in [2.05, 4.69) is 15.4 Å². The van der Waals surface area contributed by atoms with Gasteiger partial charge >= 0.3 is 12.4 Å². The van der Waals surface area contributed by atoms with Gasteiger partial charge in [-0.05, 0) is 18.9 Å². The minimum absolute atomic E-state index is 0.113. The maximum Gasteiger partial charge on any atom is 0.573 e. The zero-order chi connectivity index (χ0) is 21.7. The van der Waals surface area contributed by atoms with Gasteiger partial charge in [0.15, 0.2) is 0 Å². The number of carbonyl (C=O) groups is 3. The zero-order valence-corrected chi connectivity index (χ0v) is 16.3. The summed E-state index contributed by atoms with van der Waals surface area (Å²) in [5.41, 5.74) is -0.893. The average Bonchev–Trinajstić information content (AvgIpc) is 2.85. The van der Waals surface area contributed by atoms with Gasteiger partial charge in [-0.3, -0.25) is 14.5 Å². The van der Waals surface area contributed by atoms with Crippen molar-refractivity contribution in [1.29, 1.82) is 0 Å². The first kappa shape index (κ1) is 22.5. The molecule has 160 valence electrons. The number of hydrogen-bond donors (Lipinski definition) is 2. The van der Waals surface area contributed by atoms with Gasteiger partial charge in [0.25, 0.3) is 5.91 Å². The van der Waals surface area contributed by atoms with Crippen molar-refractivity contribution in [2.45, 2.75) is 58.0 Å². The van der Waals surface area contributed by atoms with Gasteiger partial charge < -0.3 is 15.4 Å². The molecule has 0 aromatic heterocycles. The quantitative estimate of drug-likeness (QED) is 0.607. The predicted octanol–water partition coefficient (Wildman–Crippen LogP) is 3.09. The number of imide groups is 1. The van der Waals surface area contributed by atoms with Crippen molar-refractivity contribution in [3.8, 4) is 5.75 Å². The average molecular weight is 415 g/mol. The summed E-state index contributed by atoms with van der Waals surface area (Å²) in [6.45, 7) is 3.03. The highest BCUT2D eigenvalue weighted by atomic mass is 19.4. The molecule has 7 nitrogen and oxygen atoms in total. The molecule has 1 aliphatic rings. The highest BCUT2D eigenvalue weighted by molar-refractivity contribution is 6.09. The molecular weight excluding hydrogens is 391 g/mol. The van der Waals surface area contributed by atoms with Crippen molar-refractivity contribution >= 4 is 17.8 Å². The Balaban J connectivity index is 2.01. The summed E-state index contributed by atoms with van der Waals surface area (Å²) < 4.78 is 41.4. The predicted molar refractivity (Wildman–Crippen MR) is 97.8 cm³/mol. The summed E-state index contributed by atoms with van der Waals surface area (Å²) in [6, 6.07) is 4.75. The zero-order valence-electron chi connectivity index (χ0n) is 16.3. The largest absolute Gasteiger partial charge is 0.573 e. The number of carbonyl (C=O) groups excluding carboxylic acids is 3. The van der Waals surface area contributed by atoms with Crippen LogP contribution in [0.25, 0.3) is 0 Å². The molecule has 1 saturated heterocycles. The third-order valence-electron chi connectivity index (χ3n) is 4.58. The Morgan fingerprint density at radius 3 is 2.38 bits per heavy atom. The summed E-state index contributed by atoms with van der Waals surface area (Å²) in [5.74, 6) is -1.55. The topological polar surface area (TPSA) is 87.7 Å². The lowest BCUT2D eigenvalue weighted by atomic mass is 9.88. The lowest BCUT2D eigenvalue weighted by Crippen LogP contribution is -2.47. The highest BCUT2D eigenvalue weighted by Gasteiger charge is 2.50. The molecule has 4 amide bonds. The monoisotopic (exact) mass is 415 g/mol. The molecule has 0 radical (unpaired) electrons. The van der Waals surface area contributed by atoms with Gasteiger partial charge in [0.1, 0.15) is 17.8 Å². The minimum atomic E-state index is -4.86. The molecule has 1 aliphatic heterocycles. The normalized spacial score (nSPS) is 16.0. The number of benzene rings is 1. The van der Waals surface area contributed by atoms with Crippen LogP contribution in [0.5, 0.6) is 5.75 Å². The van der Waals surface area contributed by atoms with Crippen LogP contribution in [0.1, 0.15) is 45.1 Å². The number of nitrogens with one attached hydrogen (secondary N) is 2. The van der Waals surface area contributed by atoms with E-state index in [1.165, 1.54) is 18.2 Å². The van der Waals surface area contributed by atoms with Crippen molar-refractivity contribution in [3.63, 3.8) is 0 Å². The molecule has 1 aromatic rings. The third-order valence-corrected chi connectivity index (χ3v) is 4.58. The second-order valence-electron chi connectivity index (χ2n) is 6.84. The highest BCUT2D eigenvalue weighted by Crippen LogP contribution is 2.28. The van der Waals surface area contributed by atoms with Crippen LogP contribution >= 0.6 is 0 Å². The Bertz CT molecular complexity index is 761. The van der Waals surface area contributed by atoms with Crippen molar-refractivity contribution in [3.05, 3.63) is 29.8 Å². The summed E-state index contributed by atoms with van der Waals surface area (Å²) in [7, 11) is 0. The number of para-hydroxylation sites is 1. The molecule has 2 N–H and O–H groups in total. The lowest BCUT2D eigenvalue weighted by Gasteiger charge is -2.25. The van der Waals surface area contributed by atoms with E-state index in [4.69, 9.17) is 0 Å². The van der Waals surface area contributed by atoms with Gasteiger partial charge in [0.2, 0.25) is 5.91 Å². The molecule has 0 spiro atoms. The summed E-state index contributed by atoms with van der Waals surface area (Å²) in [5, 5.41) is 5.12. The first-order chi connectivity index (χ1) is 13.6. The van der Waals surface area contributed by atoms with Gasteiger partial charge in [0.05, 0.1) is 0 Å². The second-order valence-corrected chi connectivity index (χ2v) is 6.84. The fraction of sp³-hybridized carbons (Fsp3) is 0.526. The molecule has 10 heteroatoms. The van der Waals surface area contributed by atoms with E-state index in [0.29, 0.717) is 25.7 Å². The number of alkyl halides is 3. The minimum Gasteiger partial charge on any atom is -0.405 e. The van der Waals surface area contributed by atoms with E-state index in [-0.39, 0.29) is 12.1 Å². The van der Waals surface area contributed by atoms with Gasteiger partial charge in [-0.2, -0.15) is 0 Å². The van der Waals surface area contributed by atoms with E-state index >= 15 is 0 Å². The summed E-state index contributed by atoms with van der Waals surface area (Å²) in [6.07, 6.45) is -2.57. The molecule has 0 unspecified atom stereocenters. The molecule has 0 saturated carbocycles. The number of hydrogen-bond acceptors (Lipinski definition) is 4. The van der Waals surface area contributed by atoms with Crippen molar-refractivity contribution < 1.29 is 32.3 Å². The van der Waals surface area contributed by atoms with Crippen molar-refractivity contribution in [2.24, 2.45) is 0 Å². The van der Waals surface area contributed by atoms with Gasteiger partial charge in [-0.25, -0.2) is 4.79 Å². The van der Waals surface area contributed by atoms with Crippen LogP contribution in [0.3, 0.4) is 0 Å². The first-order valence-electron chi connectivity index (χ1n) is 9.36. The van der Waals surface area contributed by atoms with Gasteiger partial charge in [0, 0.05) is 12.1 Å². The number of urea groups is 1. The van der Waals surface area contributed by atoms with Crippen LogP contribution in [0.4, 0.5) is 18.0 Å². The van der Waals surface area contributed by atoms with Crippen LogP contribution < -0.4 is 15.4 Å². The number of amides is 4. The number of halogens is 3. The summed E-state index contributed by atoms with van der Waals surface area (Å²) >= 11 is 0. The molecule has 1 fully saturated rings. The Morgan fingerprint density at radius 2 is 1.79 bits per heavy atom. The number of ether oxygens (including phenoxy) is 1. The van der Waals surface area contributed by atoms with E-state index in [0.717, 1.165) is 11.0 Å². The fourth-order valence-corrected chi connectivity index (χ4v) is 3.40.